The molecule has 1 aromatic carbocycles. The van der Waals surface area contributed by atoms with E-state index in [2.05, 4.69) is 49.0 Å². The number of rotatable bonds is 2. The van der Waals surface area contributed by atoms with Gasteiger partial charge in [-0.15, -0.1) is 12.3 Å². The maximum absolute atomic E-state index is 5.15. The van der Waals surface area contributed by atoms with Crippen LogP contribution in [-0.2, 0) is 6.54 Å². The third kappa shape index (κ3) is 10.6. The largest absolute Gasteiger partial charge is 0.271 e. The molecule has 3 N–H and O–H groups in total. The SMILES string of the molecule is C#CC.CC.Cc1ccc(CNN)cc1. The fourth-order valence-electron chi connectivity index (χ4n) is 0.824. The Bertz CT molecular complexity index is 257. The summed E-state index contributed by atoms with van der Waals surface area (Å²) in [6.45, 7) is 8.46. The molecule has 0 aromatic heterocycles. The molecule has 0 radical (unpaired) electrons. The Morgan fingerprint density at radius 2 is 1.67 bits per heavy atom. The van der Waals surface area contributed by atoms with Crippen LogP contribution in [0.15, 0.2) is 24.3 Å². The van der Waals surface area contributed by atoms with Gasteiger partial charge in [-0.25, -0.2) is 0 Å². The Balaban J connectivity index is 0. The highest BCUT2D eigenvalue weighted by atomic mass is 15.2. The second kappa shape index (κ2) is 12.7. The molecular weight excluding hydrogens is 184 g/mol. The van der Waals surface area contributed by atoms with Crippen molar-refractivity contribution >= 4 is 0 Å². The smallest absolute Gasteiger partial charge is 0.0348 e. The van der Waals surface area contributed by atoms with E-state index < -0.39 is 0 Å². The highest BCUT2D eigenvalue weighted by molar-refractivity contribution is 5.20. The van der Waals surface area contributed by atoms with E-state index in [1.807, 2.05) is 13.8 Å². The summed E-state index contributed by atoms with van der Waals surface area (Å²) in [5.41, 5.74) is 5.10. The zero-order chi connectivity index (χ0) is 12.1. The molecule has 0 spiro atoms. The predicted molar refractivity (Wildman–Crippen MR) is 68.1 cm³/mol. The molecule has 0 fully saturated rings. The quantitative estimate of drug-likeness (QED) is 0.443. The molecule has 0 atom stereocenters. The van der Waals surface area contributed by atoms with Crippen LogP contribution in [0.25, 0.3) is 0 Å². The third-order valence-corrected chi connectivity index (χ3v) is 1.43. The van der Waals surface area contributed by atoms with Gasteiger partial charge in [0.25, 0.3) is 0 Å². The van der Waals surface area contributed by atoms with Crippen LogP contribution in [0.5, 0.6) is 0 Å². The van der Waals surface area contributed by atoms with Crippen molar-refractivity contribution in [3.05, 3.63) is 35.4 Å². The number of benzene rings is 1. The second-order valence-corrected chi connectivity index (χ2v) is 2.66. The van der Waals surface area contributed by atoms with E-state index in [9.17, 15) is 0 Å². The van der Waals surface area contributed by atoms with Gasteiger partial charge in [0.1, 0.15) is 0 Å². The van der Waals surface area contributed by atoms with Crippen molar-refractivity contribution in [1.29, 1.82) is 0 Å². The van der Waals surface area contributed by atoms with Gasteiger partial charge in [-0.2, -0.15) is 0 Å². The Morgan fingerprint density at radius 3 is 2.00 bits per heavy atom. The van der Waals surface area contributed by atoms with Crippen LogP contribution in [0, 0.1) is 19.3 Å². The Labute approximate surface area is 93.9 Å². The summed E-state index contributed by atoms with van der Waals surface area (Å²) in [5.74, 6) is 7.40. The highest BCUT2D eigenvalue weighted by Crippen LogP contribution is 2.01. The predicted octanol–water partition coefficient (Wildman–Crippen LogP) is 2.62. The van der Waals surface area contributed by atoms with E-state index in [1.54, 1.807) is 6.92 Å². The van der Waals surface area contributed by atoms with Crippen LogP contribution in [0.4, 0.5) is 0 Å². The lowest BCUT2D eigenvalue weighted by Gasteiger charge is -1.98. The minimum absolute atomic E-state index is 0.736. The topological polar surface area (TPSA) is 38.0 Å². The summed E-state index contributed by atoms with van der Waals surface area (Å²) < 4.78 is 0. The van der Waals surface area contributed by atoms with Gasteiger partial charge in [-0.3, -0.25) is 11.3 Å². The maximum Gasteiger partial charge on any atom is 0.0348 e. The van der Waals surface area contributed by atoms with Crippen LogP contribution in [0.2, 0.25) is 0 Å². The molecule has 15 heavy (non-hydrogen) atoms. The molecule has 2 heteroatoms. The lowest BCUT2D eigenvalue weighted by molar-refractivity contribution is 0.741. The van der Waals surface area contributed by atoms with Crippen molar-refractivity contribution in [1.82, 2.24) is 5.43 Å². The molecule has 0 aliphatic carbocycles. The van der Waals surface area contributed by atoms with E-state index in [-0.39, 0.29) is 0 Å². The van der Waals surface area contributed by atoms with E-state index >= 15 is 0 Å². The van der Waals surface area contributed by atoms with Gasteiger partial charge in [-0.05, 0) is 19.4 Å². The molecule has 0 amide bonds. The Hall–Kier alpha value is -1.30. The van der Waals surface area contributed by atoms with Crippen LogP contribution < -0.4 is 11.3 Å². The summed E-state index contributed by atoms with van der Waals surface area (Å²) in [6.07, 6.45) is 4.60. The van der Waals surface area contributed by atoms with Gasteiger partial charge in [-0.1, -0.05) is 43.7 Å². The molecule has 2 nitrogen and oxygen atoms in total. The molecule has 1 aromatic rings. The monoisotopic (exact) mass is 206 g/mol. The minimum Gasteiger partial charge on any atom is -0.271 e. The summed E-state index contributed by atoms with van der Waals surface area (Å²) in [5, 5.41) is 0. The molecule has 84 valence electrons. The average molecular weight is 206 g/mol. The van der Waals surface area contributed by atoms with E-state index in [0.717, 1.165) is 6.54 Å². The molecule has 1 rings (SSSR count). The molecular formula is C13H22N2. The first-order valence-corrected chi connectivity index (χ1v) is 5.11. The van der Waals surface area contributed by atoms with Crippen LogP contribution in [-0.4, -0.2) is 0 Å². The van der Waals surface area contributed by atoms with Crippen molar-refractivity contribution < 1.29 is 0 Å². The van der Waals surface area contributed by atoms with Crippen molar-refractivity contribution in [2.24, 2.45) is 5.84 Å². The van der Waals surface area contributed by atoms with Crippen LogP contribution in [0.3, 0.4) is 0 Å². The number of terminal acetylenes is 1. The minimum atomic E-state index is 0.736. The second-order valence-electron chi connectivity index (χ2n) is 2.66. The lowest BCUT2D eigenvalue weighted by Crippen LogP contribution is -2.20. The summed E-state index contributed by atoms with van der Waals surface area (Å²) in [7, 11) is 0. The van der Waals surface area contributed by atoms with E-state index in [0.29, 0.717) is 0 Å². The van der Waals surface area contributed by atoms with Crippen molar-refractivity contribution in [3.63, 3.8) is 0 Å². The number of nitrogens with one attached hydrogen (secondary N) is 1. The fourth-order valence-corrected chi connectivity index (χ4v) is 0.824. The zero-order valence-corrected chi connectivity index (χ0v) is 10.2. The molecule has 0 saturated carbocycles. The van der Waals surface area contributed by atoms with Gasteiger partial charge in [0, 0.05) is 6.54 Å². The lowest BCUT2D eigenvalue weighted by atomic mass is 10.2. The first kappa shape index (κ1) is 16.1. The molecule has 0 heterocycles. The molecule has 0 bridgehead atoms. The van der Waals surface area contributed by atoms with Gasteiger partial charge in [0.05, 0.1) is 0 Å². The van der Waals surface area contributed by atoms with Crippen molar-refractivity contribution in [3.8, 4) is 12.3 Å². The molecule has 0 unspecified atom stereocenters. The van der Waals surface area contributed by atoms with Gasteiger partial charge < -0.3 is 0 Å². The Morgan fingerprint density at radius 1 is 1.27 bits per heavy atom. The summed E-state index contributed by atoms with van der Waals surface area (Å²) >= 11 is 0. The van der Waals surface area contributed by atoms with Crippen LogP contribution >= 0.6 is 0 Å². The van der Waals surface area contributed by atoms with Gasteiger partial charge in [0.15, 0.2) is 0 Å². The van der Waals surface area contributed by atoms with Crippen LogP contribution in [0.1, 0.15) is 31.9 Å². The zero-order valence-electron chi connectivity index (χ0n) is 10.2. The summed E-state index contributed by atoms with van der Waals surface area (Å²) in [6, 6.07) is 8.28. The molecule has 0 aliphatic heterocycles. The fraction of sp³-hybridized carbons (Fsp3) is 0.385. The average Bonchev–Trinajstić information content (AvgIpc) is 2.26. The number of hydrogen-bond donors (Lipinski definition) is 2. The van der Waals surface area contributed by atoms with Crippen molar-refractivity contribution in [2.45, 2.75) is 34.2 Å². The maximum atomic E-state index is 5.15. The highest BCUT2D eigenvalue weighted by Gasteiger charge is 1.87. The molecule has 0 aliphatic rings. The first-order valence-electron chi connectivity index (χ1n) is 5.11. The number of aryl methyl sites for hydroxylation is 1. The number of hydrogen-bond acceptors (Lipinski definition) is 2. The van der Waals surface area contributed by atoms with E-state index in [1.165, 1.54) is 11.1 Å². The van der Waals surface area contributed by atoms with Gasteiger partial charge >= 0.3 is 0 Å². The van der Waals surface area contributed by atoms with Crippen molar-refractivity contribution in [2.75, 3.05) is 0 Å². The normalized spacial score (nSPS) is 7.47. The number of hydrazine groups is 1. The van der Waals surface area contributed by atoms with Gasteiger partial charge in [0.2, 0.25) is 0 Å². The summed E-state index contributed by atoms with van der Waals surface area (Å²) in [4.78, 5) is 0. The number of nitrogens with two attached hydrogens (primary N) is 1. The molecule has 0 saturated heterocycles. The Kier molecular flexibility index (Phi) is 13.7. The first-order chi connectivity index (χ1) is 7.24. The standard InChI is InChI=1S/C8H12N2.C3H4.C2H6/c1-7-2-4-8(5-3-7)6-10-9;1-3-2;1-2/h2-5,10H,6,9H2,1H3;1H,2H3;1-2H3. The van der Waals surface area contributed by atoms with E-state index in [4.69, 9.17) is 5.84 Å². The third-order valence-electron chi connectivity index (χ3n) is 1.43.